The number of amides is 2. The first kappa shape index (κ1) is 23.9. The van der Waals surface area contributed by atoms with Crippen molar-refractivity contribution in [3.63, 3.8) is 0 Å². The van der Waals surface area contributed by atoms with Gasteiger partial charge < -0.3 is 9.47 Å². The Balaban J connectivity index is 1.49. The fourth-order valence-electron chi connectivity index (χ4n) is 3.10. The number of carbonyl (C=O) groups excluding carboxylic acids is 2. The minimum absolute atomic E-state index is 0.0846. The maximum Gasteiger partial charge on any atom is 0.276 e. The lowest BCUT2D eigenvalue weighted by Crippen LogP contribution is -2.43. The molecular weight excluding hydrogens is 416 g/mol. The number of benzene rings is 3. The van der Waals surface area contributed by atoms with Gasteiger partial charge in [-0.05, 0) is 47.2 Å². The van der Waals surface area contributed by atoms with Crippen molar-refractivity contribution in [1.29, 1.82) is 0 Å². The van der Waals surface area contributed by atoms with E-state index in [-0.39, 0.29) is 12.0 Å². The van der Waals surface area contributed by atoms with E-state index in [1.54, 1.807) is 24.3 Å². The summed E-state index contributed by atoms with van der Waals surface area (Å²) in [5, 5.41) is 0. The van der Waals surface area contributed by atoms with E-state index in [4.69, 9.17) is 9.47 Å². The first-order valence-electron chi connectivity index (χ1n) is 11.0. The fraction of sp³-hybridized carbons (Fsp3) is 0.259. The fourth-order valence-corrected chi connectivity index (χ4v) is 3.10. The van der Waals surface area contributed by atoms with Gasteiger partial charge in [-0.25, -0.2) is 0 Å². The Bertz CT molecular complexity index is 1060. The molecule has 3 aromatic carbocycles. The third-order valence-electron chi connectivity index (χ3n) is 5.57. The van der Waals surface area contributed by atoms with Crippen LogP contribution in [0.15, 0.2) is 78.9 Å². The molecule has 0 aliphatic heterocycles. The average molecular weight is 447 g/mol. The summed E-state index contributed by atoms with van der Waals surface area (Å²) in [7, 11) is 0. The van der Waals surface area contributed by atoms with Gasteiger partial charge in [-0.15, -0.1) is 0 Å². The van der Waals surface area contributed by atoms with E-state index in [9.17, 15) is 9.59 Å². The molecule has 2 amide bonds. The highest BCUT2D eigenvalue weighted by molar-refractivity contribution is 5.97. The van der Waals surface area contributed by atoms with Gasteiger partial charge in [-0.1, -0.05) is 75.4 Å². The number of hydrogen-bond acceptors (Lipinski definition) is 4. The van der Waals surface area contributed by atoms with E-state index in [2.05, 4.69) is 31.6 Å². The van der Waals surface area contributed by atoms with Crippen LogP contribution >= 0.6 is 0 Å². The molecule has 6 nitrogen and oxygen atoms in total. The van der Waals surface area contributed by atoms with Crippen LogP contribution in [0.3, 0.4) is 0 Å². The number of ether oxygens (including phenoxy) is 2. The molecule has 0 aliphatic carbocycles. The molecule has 0 aliphatic rings. The highest BCUT2D eigenvalue weighted by Gasteiger charge is 2.18. The van der Waals surface area contributed by atoms with Gasteiger partial charge in [0.1, 0.15) is 18.1 Å². The van der Waals surface area contributed by atoms with Gasteiger partial charge in [-0.2, -0.15) is 0 Å². The summed E-state index contributed by atoms with van der Waals surface area (Å²) < 4.78 is 11.3. The Morgan fingerprint density at radius 2 is 1.48 bits per heavy atom. The SMILES string of the molecule is CCC(C)(C)c1ccc(OCC(=O)NNC(=O)c2ccccc2OCc2ccccc2)cc1. The van der Waals surface area contributed by atoms with E-state index in [1.807, 2.05) is 54.6 Å². The average Bonchev–Trinajstić information content (AvgIpc) is 2.85. The van der Waals surface area contributed by atoms with Crippen LogP contribution in [0.5, 0.6) is 11.5 Å². The minimum Gasteiger partial charge on any atom is -0.488 e. The molecule has 0 saturated heterocycles. The predicted molar refractivity (Wildman–Crippen MR) is 128 cm³/mol. The summed E-state index contributed by atoms with van der Waals surface area (Å²) in [5.74, 6) is 0.0772. The number of rotatable bonds is 9. The van der Waals surface area contributed by atoms with Crippen LogP contribution in [-0.2, 0) is 16.8 Å². The van der Waals surface area contributed by atoms with Gasteiger partial charge in [0.25, 0.3) is 11.8 Å². The molecule has 0 heterocycles. The van der Waals surface area contributed by atoms with E-state index in [1.165, 1.54) is 5.56 Å². The molecule has 2 N–H and O–H groups in total. The standard InChI is InChI=1S/C27H30N2O4/c1-4-27(2,3)21-14-16-22(17-15-21)32-19-25(30)28-29-26(31)23-12-8-9-13-24(23)33-18-20-10-6-5-7-11-20/h5-17H,4,18-19H2,1-3H3,(H,28,30)(H,29,31). The van der Waals surface area contributed by atoms with Gasteiger partial charge in [0.05, 0.1) is 5.56 Å². The van der Waals surface area contributed by atoms with E-state index in [0.29, 0.717) is 23.7 Å². The molecule has 0 spiro atoms. The molecule has 0 unspecified atom stereocenters. The summed E-state index contributed by atoms with van der Waals surface area (Å²) in [6, 6.07) is 24.2. The van der Waals surface area contributed by atoms with Crippen molar-refractivity contribution in [2.24, 2.45) is 0 Å². The Morgan fingerprint density at radius 3 is 2.18 bits per heavy atom. The van der Waals surface area contributed by atoms with Crippen LogP contribution in [0.25, 0.3) is 0 Å². The smallest absolute Gasteiger partial charge is 0.276 e. The Morgan fingerprint density at radius 1 is 0.818 bits per heavy atom. The Kier molecular flexibility index (Phi) is 8.08. The van der Waals surface area contributed by atoms with Gasteiger partial charge in [-0.3, -0.25) is 20.4 Å². The van der Waals surface area contributed by atoms with Gasteiger partial charge in [0.15, 0.2) is 6.61 Å². The summed E-state index contributed by atoms with van der Waals surface area (Å²) >= 11 is 0. The molecule has 172 valence electrons. The predicted octanol–water partition coefficient (Wildman–Crippen LogP) is 4.79. The normalized spacial score (nSPS) is 10.9. The Labute approximate surface area is 194 Å². The van der Waals surface area contributed by atoms with Crippen molar-refractivity contribution in [3.05, 3.63) is 95.6 Å². The molecule has 3 rings (SSSR count). The van der Waals surface area contributed by atoms with Gasteiger partial charge in [0, 0.05) is 0 Å². The molecule has 3 aromatic rings. The zero-order chi connectivity index (χ0) is 23.7. The molecule has 6 heteroatoms. The molecule has 0 radical (unpaired) electrons. The molecular formula is C27H30N2O4. The number of hydrogen-bond donors (Lipinski definition) is 2. The highest BCUT2D eigenvalue weighted by atomic mass is 16.5. The Hall–Kier alpha value is -3.80. The maximum atomic E-state index is 12.6. The summed E-state index contributed by atoms with van der Waals surface area (Å²) in [4.78, 5) is 24.7. The number of hydrazine groups is 1. The minimum atomic E-state index is -0.474. The van der Waals surface area contributed by atoms with Crippen LogP contribution in [0.4, 0.5) is 0 Å². The number of para-hydroxylation sites is 1. The van der Waals surface area contributed by atoms with Gasteiger partial charge in [0.2, 0.25) is 0 Å². The zero-order valence-corrected chi connectivity index (χ0v) is 19.3. The van der Waals surface area contributed by atoms with Crippen LogP contribution in [0.1, 0.15) is 48.7 Å². The van der Waals surface area contributed by atoms with Crippen LogP contribution in [0.2, 0.25) is 0 Å². The van der Waals surface area contributed by atoms with Crippen LogP contribution in [0, 0.1) is 0 Å². The lowest BCUT2D eigenvalue weighted by atomic mass is 9.82. The van der Waals surface area contributed by atoms with Crippen molar-refractivity contribution in [2.45, 2.75) is 39.2 Å². The third-order valence-corrected chi connectivity index (χ3v) is 5.57. The van der Waals surface area contributed by atoms with Gasteiger partial charge >= 0.3 is 0 Å². The molecule has 0 saturated carbocycles. The van der Waals surface area contributed by atoms with E-state index >= 15 is 0 Å². The van der Waals surface area contributed by atoms with Crippen molar-refractivity contribution in [2.75, 3.05) is 6.61 Å². The summed E-state index contributed by atoms with van der Waals surface area (Å²) in [5.41, 5.74) is 7.40. The van der Waals surface area contributed by atoms with Crippen molar-refractivity contribution in [1.82, 2.24) is 10.9 Å². The lowest BCUT2D eigenvalue weighted by molar-refractivity contribution is -0.123. The number of nitrogens with one attached hydrogen (secondary N) is 2. The highest BCUT2D eigenvalue weighted by Crippen LogP contribution is 2.28. The molecule has 0 fully saturated rings. The lowest BCUT2D eigenvalue weighted by Gasteiger charge is -2.23. The zero-order valence-electron chi connectivity index (χ0n) is 19.3. The van der Waals surface area contributed by atoms with Crippen molar-refractivity contribution in [3.8, 4) is 11.5 Å². The number of carbonyl (C=O) groups is 2. The topological polar surface area (TPSA) is 76.7 Å². The molecule has 33 heavy (non-hydrogen) atoms. The first-order valence-corrected chi connectivity index (χ1v) is 11.0. The van der Waals surface area contributed by atoms with Crippen molar-refractivity contribution >= 4 is 11.8 Å². The second-order valence-electron chi connectivity index (χ2n) is 8.32. The summed E-state index contributed by atoms with van der Waals surface area (Å²) in [6.45, 7) is 6.63. The largest absolute Gasteiger partial charge is 0.488 e. The van der Waals surface area contributed by atoms with Crippen molar-refractivity contribution < 1.29 is 19.1 Å². The molecule has 0 aromatic heterocycles. The second-order valence-corrected chi connectivity index (χ2v) is 8.32. The second kappa shape index (κ2) is 11.2. The van der Waals surface area contributed by atoms with Crippen LogP contribution < -0.4 is 20.3 Å². The third kappa shape index (κ3) is 6.84. The maximum absolute atomic E-state index is 12.6. The summed E-state index contributed by atoms with van der Waals surface area (Å²) in [6.07, 6.45) is 1.02. The quantitative estimate of drug-likeness (QED) is 0.463. The molecule has 0 bridgehead atoms. The van der Waals surface area contributed by atoms with E-state index < -0.39 is 11.8 Å². The monoisotopic (exact) mass is 446 g/mol. The molecule has 0 atom stereocenters. The van der Waals surface area contributed by atoms with Crippen LogP contribution in [-0.4, -0.2) is 18.4 Å². The first-order chi connectivity index (χ1) is 15.9. The van der Waals surface area contributed by atoms with E-state index in [0.717, 1.165) is 12.0 Å².